The van der Waals surface area contributed by atoms with Crippen LogP contribution in [0.5, 0.6) is 0 Å². The van der Waals surface area contributed by atoms with E-state index in [1.54, 1.807) is 16.4 Å². The summed E-state index contributed by atoms with van der Waals surface area (Å²) in [5.41, 5.74) is 0. The number of hydrogen-bond donors (Lipinski definition) is 0. The molecule has 1 atom stereocenters. The zero-order chi connectivity index (χ0) is 11.9. The number of aromatic nitrogens is 4. The lowest BCUT2D eigenvalue weighted by Crippen LogP contribution is -2.16. The number of rotatable bonds is 6. The Labute approximate surface area is 104 Å². The van der Waals surface area contributed by atoms with E-state index in [0.29, 0.717) is 6.42 Å². The standard InChI is InChI=1S/C10H15N5OS/c11-5-1-2-7-17-10-12-13-14-15(10)8-9-4-3-6-16-9/h9H,1-4,6-8H2/t9-/m0/s1. The maximum Gasteiger partial charge on any atom is 0.209 e. The van der Waals surface area contributed by atoms with Crippen LogP contribution < -0.4 is 0 Å². The van der Waals surface area contributed by atoms with Gasteiger partial charge in [-0.2, -0.15) is 5.26 Å². The van der Waals surface area contributed by atoms with E-state index in [-0.39, 0.29) is 6.10 Å². The lowest BCUT2D eigenvalue weighted by molar-refractivity contribution is 0.0912. The molecular formula is C10H15N5OS. The first-order valence-electron chi connectivity index (χ1n) is 5.77. The Morgan fingerprint density at radius 1 is 1.59 bits per heavy atom. The fourth-order valence-corrected chi connectivity index (χ4v) is 2.54. The molecule has 1 aliphatic heterocycles. The molecule has 6 nitrogen and oxygen atoms in total. The van der Waals surface area contributed by atoms with Crippen LogP contribution in [0.15, 0.2) is 5.16 Å². The molecule has 0 unspecified atom stereocenters. The first-order chi connectivity index (χ1) is 8.40. The molecule has 0 saturated carbocycles. The molecule has 0 spiro atoms. The van der Waals surface area contributed by atoms with Crippen molar-refractivity contribution in [1.29, 1.82) is 5.26 Å². The van der Waals surface area contributed by atoms with Gasteiger partial charge in [0.15, 0.2) is 0 Å². The van der Waals surface area contributed by atoms with Gasteiger partial charge in [-0.05, 0) is 29.7 Å². The topological polar surface area (TPSA) is 76.6 Å². The number of ether oxygens (including phenoxy) is 1. The van der Waals surface area contributed by atoms with Crippen molar-refractivity contribution in [3.63, 3.8) is 0 Å². The number of nitriles is 1. The SMILES string of the molecule is N#CCCCSc1nnnn1C[C@@H]1CCCO1. The summed E-state index contributed by atoms with van der Waals surface area (Å²) in [6.45, 7) is 1.57. The minimum atomic E-state index is 0.247. The van der Waals surface area contributed by atoms with Gasteiger partial charge < -0.3 is 4.74 Å². The number of unbranched alkanes of at least 4 members (excludes halogenated alkanes) is 1. The van der Waals surface area contributed by atoms with Crippen LogP contribution >= 0.6 is 11.8 Å². The third kappa shape index (κ3) is 3.68. The van der Waals surface area contributed by atoms with Gasteiger partial charge in [-0.25, -0.2) is 4.68 Å². The molecule has 0 amide bonds. The number of hydrogen-bond acceptors (Lipinski definition) is 6. The van der Waals surface area contributed by atoms with Crippen LogP contribution in [0.4, 0.5) is 0 Å². The van der Waals surface area contributed by atoms with E-state index in [0.717, 1.165) is 43.3 Å². The van der Waals surface area contributed by atoms with Crippen molar-refractivity contribution in [3.8, 4) is 6.07 Å². The zero-order valence-electron chi connectivity index (χ0n) is 9.58. The summed E-state index contributed by atoms with van der Waals surface area (Å²) in [6.07, 6.45) is 3.90. The molecule has 92 valence electrons. The molecular weight excluding hydrogens is 238 g/mol. The molecule has 17 heavy (non-hydrogen) atoms. The molecule has 0 N–H and O–H groups in total. The lowest BCUT2D eigenvalue weighted by Gasteiger charge is -2.09. The normalized spacial score (nSPS) is 19.4. The second-order valence-corrected chi connectivity index (χ2v) is 4.95. The molecule has 1 saturated heterocycles. The van der Waals surface area contributed by atoms with Gasteiger partial charge in [0.25, 0.3) is 0 Å². The van der Waals surface area contributed by atoms with E-state index in [9.17, 15) is 0 Å². The highest BCUT2D eigenvalue weighted by Crippen LogP contribution is 2.19. The van der Waals surface area contributed by atoms with E-state index in [1.165, 1.54) is 0 Å². The highest BCUT2D eigenvalue weighted by Gasteiger charge is 2.18. The average Bonchev–Trinajstić information content (AvgIpc) is 2.97. The van der Waals surface area contributed by atoms with Crippen molar-refractivity contribution in [2.24, 2.45) is 0 Å². The van der Waals surface area contributed by atoms with Gasteiger partial charge in [-0.15, -0.1) is 5.10 Å². The maximum atomic E-state index is 8.45. The fourth-order valence-electron chi connectivity index (χ4n) is 1.71. The lowest BCUT2D eigenvalue weighted by atomic mass is 10.2. The van der Waals surface area contributed by atoms with Gasteiger partial charge in [0, 0.05) is 18.8 Å². The molecule has 1 aliphatic rings. The van der Waals surface area contributed by atoms with Crippen molar-refractivity contribution < 1.29 is 4.74 Å². The maximum absolute atomic E-state index is 8.45. The molecule has 1 aromatic heterocycles. The Bertz CT molecular complexity index is 382. The minimum Gasteiger partial charge on any atom is -0.376 e. The van der Waals surface area contributed by atoms with E-state index in [2.05, 4.69) is 21.6 Å². The van der Waals surface area contributed by atoms with E-state index < -0.39 is 0 Å². The van der Waals surface area contributed by atoms with Crippen LogP contribution in [0.2, 0.25) is 0 Å². The summed E-state index contributed by atoms with van der Waals surface area (Å²) in [7, 11) is 0. The van der Waals surface area contributed by atoms with Crippen LogP contribution in [0, 0.1) is 11.3 Å². The Morgan fingerprint density at radius 3 is 3.29 bits per heavy atom. The third-order valence-electron chi connectivity index (χ3n) is 2.56. The Balaban J connectivity index is 1.81. The molecule has 7 heteroatoms. The summed E-state index contributed by atoms with van der Waals surface area (Å²) in [5, 5.41) is 20.9. The average molecular weight is 253 g/mol. The van der Waals surface area contributed by atoms with Gasteiger partial charge in [0.2, 0.25) is 5.16 Å². The molecule has 1 aromatic rings. The van der Waals surface area contributed by atoms with Crippen molar-refractivity contribution in [3.05, 3.63) is 0 Å². The molecule has 0 aromatic carbocycles. The summed E-state index contributed by atoms with van der Waals surface area (Å²) in [5.74, 6) is 0.874. The molecule has 0 radical (unpaired) electrons. The smallest absolute Gasteiger partial charge is 0.209 e. The van der Waals surface area contributed by atoms with Crippen molar-refractivity contribution in [2.45, 2.75) is 43.5 Å². The molecule has 0 aliphatic carbocycles. The zero-order valence-corrected chi connectivity index (χ0v) is 10.4. The number of nitrogens with zero attached hydrogens (tertiary/aromatic N) is 5. The van der Waals surface area contributed by atoms with Gasteiger partial charge >= 0.3 is 0 Å². The highest BCUT2D eigenvalue weighted by atomic mass is 32.2. The highest BCUT2D eigenvalue weighted by molar-refractivity contribution is 7.99. The Morgan fingerprint density at radius 2 is 2.53 bits per heavy atom. The fraction of sp³-hybridized carbons (Fsp3) is 0.800. The van der Waals surface area contributed by atoms with Crippen LogP contribution in [0.25, 0.3) is 0 Å². The summed E-state index contributed by atoms with van der Waals surface area (Å²) < 4.78 is 7.35. The summed E-state index contributed by atoms with van der Waals surface area (Å²) in [6, 6.07) is 2.13. The second kappa shape index (κ2) is 6.57. The first-order valence-corrected chi connectivity index (χ1v) is 6.76. The first kappa shape index (κ1) is 12.3. The van der Waals surface area contributed by atoms with Gasteiger partial charge in [0.05, 0.1) is 18.7 Å². The predicted molar refractivity (Wildman–Crippen MR) is 62.4 cm³/mol. The van der Waals surface area contributed by atoms with Crippen molar-refractivity contribution >= 4 is 11.8 Å². The molecule has 2 rings (SSSR count). The van der Waals surface area contributed by atoms with Crippen LogP contribution in [0.3, 0.4) is 0 Å². The molecule has 0 bridgehead atoms. The second-order valence-electron chi connectivity index (χ2n) is 3.89. The molecule has 1 fully saturated rings. The van der Waals surface area contributed by atoms with Crippen molar-refractivity contribution in [1.82, 2.24) is 20.2 Å². The van der Waals surface area contributed by atoms with E-state index in [1.807, 2.05) is 0 Å². The molecule has 2 heterocycles. The Hall–Kier alpha value is -1.13. The van der Waals surface area contributed by atoms with Gasteiger partial charge in [-0.3, -0.25) is 0 Å². The van der Waals surface area contributed by atoms with Gasteiger partial charge in [0.1, 0.15) is 0 Å². The number of thioether (sulfide) groups is 1. The van der Waals surface area contributed by atoms with Crippen LogP contribution in [-0.4, -0.2) is 38.7 Å². The van der Waals surface area contributed by atoms with E-state index >= 15 is 0 Å². The van der Waals surface area contributed by atoms with Crippen molar-refractivity contribution in [2.75, 3.05) is 12.4 Å². The Kier molecular flexibility index (Phi) is 4.76. The minimum absolute atomic E-state index is 0.247. The van der Waals surface area contributed by atoms with Crippen LogP contribution in [-0.2, 0) is 11.3 Å². The summed E-state index contributed by atoms with van der Waals surface area (Å²) in [4.78, 5) is 0. The summed E-state index contributed by atoms with van der Waals surface area (Å²) >= 11 is 1.60. The predicted octanol–water partition coefficient (Wildman–Crippen LogP) is 1.25. The van der Waals surface area contributed by atoms with Gasteiger partial charge in [-0.1, -0.05) is 11.8 Å². The third-order valence-corrected chi connectivity index (χ3v) is 3.61. The van der Waals surface area contributed by atoms with E-state index in [4.69, 9.17) is 10.00 Å². The number of tetrazole rings is 1. The largest absolute Gasteiger partial charge is 0.376 e. The quantitative estimate of drug-likeness (QED) is 0.561. The monoisotopic (exact) mass is 253 g/mol. The van der Waals surface area contributed by atoms with Crippen LogP contribution in [0.1, 0.15) is 25.7 Å².